The van der Waals surface area contributed by atoms with Crippen molar-refractivity contribution >= 4 is 57.7 Å². The number of benzene rings is 1. The number of hydrogen-bond donors (Lipinski definition) is 2. The smallest absolute Gasteiger partial charge is 0.293 e. The zero-order chi connectivity index (χ0) is 21.8. The molecule has 3 heterocycles. The standard InChI is InChI=1S/C21H19N5O3S2/c1-13-4-5-15-16(9-13)25-20(24-15)30-12-18(27)23-7-8-26-19(28)17(31-21(26)29)10-14-3-2-6-22-11-14/h2-6,9-11H,7-8,12H2,1H3,(H,23,27)(H,24,25)/b17-10-. The molecule has 4 rings (SSSR count). The lowest BCUT2D eigenvalue weighted by Gasteiger charge is -2.12. The van der Waals surface area contributed by atoms with E-state index in [9.17, 15) is 14.4 Å². The van der Waals surface area contributed by atoms with Gasteiger partial charge in [0.1, 0.15) is 0 Å². The highest BCUT2D eigenvalue weighted by atomic mass is 32.2. The molecule has 2 aromatic heterocycles. The second-order valence-electron chi connectivity index (χ2n) is 6.82. The number of imidazole rings is 1. The number of pyridine rings is 1. The third-order valence-corrected chi connectivity index (χ3v) is 6.25. The summed E-state index contributed by atoms with van der Waals surface area (Å²) in [6.07, 6.45) is 4.90. The van der Waals surface area contributed by atoms with Gasteiger partial charge in [0.2, 0.25) is 5.91 Å². The Morgan fingerprint density at radius 3 is 3.00 bits per heavy atom. The fraction of sp³-hybridized carbons (Fsp3) is 0.190. The van der Waals surface area contributed by atoms with Crippen LogP contribution in [0.5, 0.6) is 0 Å². The van der Waals surface area contributed by atoms with Crippen LogP contribution in [0.3, 0.4) is 0 Å². The predicted octanol–water partition coefficient (Wildman–Crippen LogP) is 3.21. The van der Waals surface area contributed by atoms with Crippen molar-refractivity contribution in [1.82, 2.24) is 25.2 Å². The van der Waals surface area contributed by atoms with Crippen molar-refractivity contribution in [2.75, 3.05) is 18.8 Å². The van der Waals surface area contributed by atoms with Crippen LogP contribution < -0.4 is 5.32 Å². The van der Waals surface area contributed by atoms with Crippen molar-refractivity contribution in [3.63, 3.8) is 0 Å². The SMILES string of the molecule is Cc1ccc2nc(SCC(=O)NCCN3C(=O)S/C(=C\c4cccnc4)C3=O)[nH]c2c1. The minimum absolute atomic E-state index is 0.120. The third kappa shape index (κ3) is 5.15. The molecule has 0 radical (unpaired) electrons. The Bertz CT molecular complexity index is 1180. The lowest BCUT2D eigenvalue weighted by molar-refractivity contribution is -0.123. The minimum atomic E-state index is -0.361. The van der Waals surface area contributed by atoms with E-state index in [1.54, 1.807) is 24.5 Å². The van der Waals surface area contributed by atoms with Crippen LogP contribution in [0.25, 0.3) is 17.1 Å². The molecule has 1 saturated heterocycles. The van der Waals surface area contributed by atoms with Crippen LogP contribution in [0.15, 0.2) is 52.8 Å². The molecule has 1 aromatic carbocycles. The number of fused-ring (bicyclic) bond motifs is 1. The molecule has 158 valence electrons. The van der Waals surface area contributed by atoms with Crippen molar-refractivity contribution < 1.29 is 14.4 Å². The van der Waals surface area contributed by atoms with Gasteiger partial charge in [-0.25, -0.2) is 4.98 Å². The fourth-order valence-corrected chi connectivity index (χ4v) is 4.55. The Morgan fingerprint density at radius 1 is 1.32 bits per heavy atom. The van der Waals surface area contributed by atoms with Gasteiger partial charge in [0, 0.05) is 25.5 Å². The summed E-state index contributed by atoms with van der Waals surface area (Å²) in [5, 5.41) is 3.06. The molecule has 0 spiro atoms. The number of H-pyrrole nitrogens is 1. The summed E-state index contributed by atoms with van der Waals surface area (Å²) in [6, 6.07) is 9.49. The van der Waals surface area contributed by atoms with Crippen LogP contribution in [0, 0.1) is 6.92 Å². The molecule has 0 unspecified atom stereocenters. The fourth-order valence-electron chi connectivity index (χ4n) is 2.97. The topological polar surface area (TPSA) is 108 Å². The number of amides is 3. The van der Waals surface area contributed by atoms with E-state index in [4.69, 9.17) is 0 Å². The average molecular weight is 454 g/mol. The summed E-state index contributed by atoms with van der Waals surface area (Å²) in [4.78, 5) is 49.9. The lowest BCUT2D eigenvalue weighted by atomic mass is 10.2. The molecular weight excluding hydrogens is 434 g/mol. The van der Waals surface area contributed by atoms with E-state index < -0.39 is 0 Å². The summed E-state index contributed by atoms with van der Waals surface area (Å²) in [7, 11) is 0. The van der Waals surface area contributed by atoms with Gasteiger partial charge in [-0.05, 0) is 54.1 Å². The Hall–Kier alpha value is -3.11. The first-order valence-corrected chi connectivity index (χ1v) is 11.3. The van der Waals surface area contributed by atoms with Gasteiger partial charge in [0.15, 0.2) is 5.16 Å². The van der Waals surface area contributed by atoms with E-state index in [1.807, 2.05) is 31.2 Å². The van der Waals surface area contributed by atoms with Gasteiger partial charge < -0.3 is 10.3 Å². The van der Waals surface area contributed by atoms with Crippen molar-refractivity contribution in [1.29, 1.82) is 0 Å². The second-order valence-corrected chi connectivity index (χ2v) is 8.78. The molecule has 0 atom stereocenters. The van der Waals surface area contributed by atoms with Crippen LogP contribution in [0.1, 0.15) is 11.1 Å². The number of nitrogens with one attached hydrogen (secondary N) is 2. The van der Waals surface area contributed by atoms with Gasteiger partial charge in [0.05, 0.1) is 21.7 Å². The summed E-state index contributed by atoms with van der Waals surface area (Å²) >= 11 is 2.19. The normalized spacial score (nSPS) is 15.3. The van der Waals surface area contributed by atoms with Crippen molar-refractivity contribution in [3.05, 3.63) is 58.8 Å². The van der Waals surface area contributed by atoms with Gasteiger partial charge in [-0.3, -0.25) is 24.3 Å². The van der Waals surface area contributed by atoms with E-state index in [0.29, 0.717) is 10.1 Å². The van der Waals surface area contributed by atoms with E-state index >= 15 is 0 Å². The van der Waals surface area contributed by atoms with E-state index in [0.717, 1.165) is 38.8 Å². The van der Waals surface area contributed by atoms with E-state index in [1.165, 1.54) is 11.8 Å². The largest absolute Gasteiger partial charge is 0.354 e. The van der Waals surface area contributed by atoms with Crippen LogP contribution in [0.2, 0.25) is 0 Å². The first-order chi connectivity index (χ1) is 15.0. The summed E-state index contributed by atoms with van der Waals surface area (Å²) < 4.78 is 0. The lowest BCUT2D eigenvalue weighted by Crippen LogP contribution is -2.37. The zero-order valence-electron chi connectivity index (χ0n) is 16.6. The molecule has 0 saturated carbocycles. The number of aromatic amines is 1. The summed E-state index contributed by atoms with van der Waals surface area (Å²) in [5.74, 6) is -0.374. The number of aromatic nitrogens is 3. The van der Waals surface area contributed by atoms with Crippen LogP contribution >= 0.6 is 23.5 Å². The van der Waals surface area contributed by atoms with Gasteiger partial charge in [-0.2, -0.15) is 0 Å². The molecule has 2 N–H and O–H groups in total. The van der Waals surface area contributed by atoms with Gasteiger partial charge in [-0.15, -0.1) is 0 Å². The van der Waals surface area contributed by atoms with Gasteiger partial charge >= 0.3 is 0 Å². The molecule has 10 heteroatoms. The molecule has 31 heavy (non-hydrogen) atoms. The molecule has 0 bridgehead atoms. The highest BCUT2D eigenvalue weighted by Crippen LogP contribution is 2.31. The number of rotatable bonds is 7. The Labute approximate surface area is 186 Å². The van der Waals surface area contributed by atoms with Crippen molar-refractivity contribution in [2.24, 2.45) is 0 Å². The van der Waals surface area contributed by atoms with Crippen LogP contribution in [-0.2, 0) is 9.59 Å². The first-order valence-electron chi connectivity index (χ1n) is 9.51. The number of aryl methyl sites for hydroxylation is 1. The first kappa shape index (κ1) is 21.1. The molecule has 1 aliphatic rings. The monoisotopic (exact) mass is 453 g/mol. The maximum absolute atomic E-state index is 12.5. The maximum Gasteiger partial charge on any atom is 0.293 e. The predicted molar refractivity (Wildman–Crippen MR) is 121 cm³/mol. The Kier molecular flexibility index (Phi) is 6.38. The number of thioether (sulfide) groups is 2. The summed E-state index contributed by atoms with van der Waals surface area (Å²) in [6.45, 7) is 2.32. The average Bonchev–Trinajstić information content (AvgIpc) is 3.28. The van der Waals surface area contributed by atoms with Crippen molar-refractivity contribution in [3.8, 4) is 0 Å². The highest BCUT2D eigenvalue weighted by Gasteiger charge is 2.34. The van der Waals surface area contributed by atoms with Gasteiger partial charge in [0.25, 0.3) is 11.1 Å². The quantitative estimate of drug-likeness (QED) is 0.418. The number of hydrogen-bond acceptors (Lipinski definition) is 7. The molecule has 3 amide bonds. The molecule has 1 aliphatic heterocycles. The molecule has 1 fully saturated rings. The Balaban J connectivity index is 1.25. The molecule has 8 nitrogen and oxygen atoms in total. The Morgan fingerprint density at radius 2 is 2.19 bits per heavy atom. The number of carbonyl (C=O) groups is 3. The highest BCUT2D eigenvalue weighted by molar-refractivity contribution is 8.18. The molecular formula is C21H19N5O3S2. The van der Waals surface area contributed by atoms with Gasteiger partial charge in [-0.1, -0.05) is 23.9 Å². The molecule has 0 aliphatic carbocycles. The number of nitrogens with zero attached hydrogens (tertiary/aromatic N) is 3. The maximum atomic E-state index is 12.5. The zero-order valence-corrected chi connectivity index (χ0v) is 18.3. The van der Waals surface area contributed by atoms with E-state index in [-0.39, 0.29) is 35.9 Å². The van der Waals surface area contributed by atoms with Crippen LogP contribution in [0.4, 0.5) is 4.79 Å². The molecule has 3 aromatic rings. The third-order valence-electron chi connectivity index (χ3n) is 4.47. The van der Waals surface area contributed by atoms with Crippen LogP contribution in [-0.4, -0.2) is 55.7 Å². The number of imide groups is 1. The number of carbonyl (C=O) groups excluding carboxylic acids is 3. The van der Waals surface area contributed by atoms with E-state index in [2.05, 4.69) is 20.3 Å². The summed E-state index contributed by atoms with van der Waals surface area (Å²) in [5.41, 5.74) is 3.67. The minimum Gasteiger partial charge on any atom is -0.354 e. The van der Waals surface area contributed by atoms with Crippen molar-refractivity contribution in [2.45, 2.75) is 12.1 Å². The second kappa shape index (κ2) is 9.36.